The number of nitrogens with zero attached hydrogens (tertiary/aromatic N) is 2. The molecule has 0 aliphatic carbocycles. The average Bonchev–Trinajstić information content (AvgIpc) is 3.23. The largest absolute Gasteiger partial charge is 0.497 e. The lowest BCUT2D eigenvalue weighted by Gasteiger charge is -2.11. The molecule has 3 aromatic rings. The van der Waals surface area contributed by atoms with Crippen molar-refractivity contribution in [1.82, 2.24) is 10.2 Å². The Balaban J connectivity index is 1.94. The second kappa shape index (κ2) is 10.9. The van der Waals surface area contributed by atoms with Gasteiger partial charge in [-0.1, -0.05) is 15.9 Å². The maximum absolute atomic E-state index is 11.9. The van der Waals surface area contributed by atoms with Crippen LogP contribution in [0.2, 0.25) is 0 Å². The number of carboxylic acid groups (broad SMARTS) is 1. The van der Waals surface area contributed by atoms with Crippen LogP contribution in [0.15, 0.2) is 53.8 Å². The Hall–Kier alpha value is -2.50. The number of halogens is 2. The summed E-state index contributed by atoms with van der Waals surface area (Å²) in [5, 5.41) is 17.8. The highest BCUT2D eigenvalue weighted by Gasteiger charge is 2.19. The van der Waals surface area contributed by atoms with Crippen LogP contribution in [0.4, 0.5) is 0 Å². The molecule has 0 bridgehead atoms. The number of ether oxygens (including phenoxy) is 3. The molecule has 0 atom stereocenters. The number of carbonyl (C=O) groups is 1. The molecule has 1 aromatic heterocycles. The first kappa shape index (κ1) is 24.1. The highest BCUT2D eigenvalue weighted by atomic mass is 79.9. The van der Waals surface area contributed by atoms with Gasteiger partial charge in [0, 0.05) is 21.7 Å². The molecule has 0 unspecified atom stereocenters. The minimum atomic E-state index is -1.14. The molecule has 1 heterocycles. The Labute approximate surface area is 205 Å². The van der Waals surface area contributed by atoms with Crippen molar-refractivity contribution in [3.63, 3.8) is 0 Å². The first-order valence-corrected chi connectivity index (χ1v) is 11.6. The molecule has 0 radical (unpaired) electrons. The Bertz CT molecular complexity index is 1140. The maximum Gasteiger partial charge on any atom is 0.342 e. The zero-order chi connectivity index (χ0) is 23.3. The van der Waals surface area contributed by atoms with Crippen molar-refractivity contribution in [2.24, 2.45) is 0 Å². The number of hydrogen-bond donors (Lipinski definition) is 1. The van der Waals surface area contributed by atoms with Crippen molar-refractivity contribution in [1.29, 1.82) is 0 Å². The van der Waals surface area contributed by atoms with Crippen molar-refractivity contribution < 1.29 is 28.5 Å². The normalized spacial score (nSPS) is 11.3. The van der Waals surface area contributed by atoms with Gasteiger partial charge in [0.1, 0.15) is 22.2 Å². The zero-order valence-corrected chi connectivity index (χ0v) is 21.2. The summed E-state index contributed by atoms with van der Waals surface area (Å²) in [5.41, 5.74) is 1.16. The van der Waals surface area contributed by atoms with E-state index in [0.29, 0.717) is 39.5 Å². The molecule has 168 valence electrons. The van der Waals surface area contributed by atoms with Gasteiger partial charge in [-0.05, 0) is 65.0 Å². The molecule has 2 aromatic carbocycles. The van der Waals surface area contributed by atoms with E-state index in [4.69, 9.17) is 18.6 Å². The van der Waals surface area contributed by atoms with Gasteiger partial charge in [-0.25, -0.2) is 4.79 Å². The van der Waals surface area contributed by atoms with Crippen LogP contribution in [0.1, 0.15) is 12.5 Å². The second-order valence-electron chi connectivity index (χ2n) is 6.13. The molecule has 0 saturated heterocycles. The highest BCUT2D eigenvalue weighted by molar-refractivity contribution is 9.11. The molecule has 0 aliphatic rings. The number of hydrogen-bond acceptors (Lipinski definition) is 8. The van der Waals surface area contributed by atoms with Crippen LogP contribution in [-0.4, -0.2) is 42.1 Å². The van der Waals surface area contributed by atoms with Gasteiger partial charge in [-0.3, -0.25) is 0 Å². The lowest BCUT2D eigenvalue weighted by molar-refractivity contribution is -0.131. The molecule has 0 saturated carbocycles. The SMILES string of the molecule is CCOc1c(Br)cc(Br)cc1/C=C(\Sc1nnc(-c2cc(OC)cc(OC)c2)o1)C(=O)O. The molecule has 0 spiro atoms. The van der Waals surface area contributed by atoms with E-state index >= 15 is 0 Å². The third-order valence-electron chi connectivity index (χ3n) is 4.03. The van der Waals surface area contributed by atoms with Gasteiger partial charge < -0.3 is 23.7 Å². The van der Waals surface area contributed by atoms with Crippen LogP contribution in [0, 0.1) is 0 Å². The molecular formula is C21H18Br2N2O6S. The number of benzene rings is 2. The summed E-state index contributed by atoms with van der Waals surface area (Å²) in [6, 6.07) is 8.73. The lowest BCUT2D eigenvalue weighted by atomic mass is 10.2. The minimum Gasteiger partial charge on any atom is -0.497 e. The summed E-state index contributed by atoms with van der Waals surface area (Å²) in [4.78, 5) is 11.9. The van der Waals surface area contributed by atoms with E-state index in [2.05, 4.69) is 42.1 Å². The summed E-state index contributed by atoms with van der Waals surface area (Å²) in [6.45, 7) is 2.27. The van der Waals surface area contributed by atoms with Crippen LogP contribution < -0.4 is 14.2 Å². The van der Waals surface area contributed by atoms with Crippen LogP contribution in [-0.2, 0) is 4.79 Å². The molecule has 0 amide bonds. The third-order valence-corrected chi connectivity index (χ3v) is 5.92. The summed E-state index contributed by atoms with van der Waals surface area (Å²) in [5.74, 6) is 0.707. The van der Waals surface area contributed by atoms with Crippen LogP contribution in [0.3, 0.4) is 0 Å². The predicted molar refractivity (Wildman–Crippen MR) is 127 cm³/mol. The number of aliphatic carboxylic acids is 1. The minimum absolute atomic E-state index is 0.0191. The van der Waals surface area contributed by atoms with Crippen LogP contribution >= 0.6 is 43.6 Å². The average molecular weight is 586 g/mol. The Morgan fingerprint density at radius 3 is 2.41 bits per heavy atom. The maximum atomic E-state index is 11.9. The first-order valence-electron chi connectivity index (χ1n) is 9.16. The van der Waals surface area contributed by atoms with E-state index in [0.717, 1.165) is 16.2 Å². The molecule has 32 heavy (non-hydrogen) atoms. The van der Waals surface area contributed by atoms with Gasteiger partial charge in [0.25, 0.3) is 5.22 Å². The van der Waals surface area contributed by atoms with Crippen molar-refractivity contribution in [2.45, 2.75) is 12.1 Å². The van der Waals surface area contributed by atoms with Gasteiger partial charge >= 0.3 is 5.97 Å². The second-order valence-corrected chi connectivity index (χ2v) is 8.89. The van der Waals surface area contributed by atoms with Gasteiger partial charge in [0.2, 0.25) is 5.89 Å². The number of rotatable bonds is 9. The molecule has 3 rings (SSSR count). The van der Waals surface area contributed by atoms with Crippen LogP contribution in [0.5, 0.6) is 17.2 Å². The van der Waals surface area contributed by atoms with E-state index in [9.17, 15) is 9.90 Å². The van der Waals surface area contributed by atoms with Crippen molar-refractivity contribution in [2.75, 3.05) is 20.8 Å². The Morgan fingerprint density at radius 1 is 1.12 bits per heavy atom. The fourth-order valence-electron chi connectivity index (χ4n) is 2.65. The lowest BCUT2D eigenvalue weighted by Crippen LogP contribution is -1.99. The molecule has 11 heteroatoms. The standard InChI is InChI=1S/C21H18Br2N2O6S/c1-4-30-18-11(5-13(22)9-16(18)23)8-17(20(26)27)32-21-25-24-19(31-21)12-6-14(28-2)10-15(7-12)29-3/h5-10H,4H2,1-3H3,(H,26,27)/b17-8-. The number of methoxy groups -OCH3 is 2. The van der Waals surface area contributed by atoms with Gasteiger partial charge in [0.15, 0.2) is 0 Å². The Morgan fingerprint density at radius 2 is 1.81 bits per heavy atom. The summed E-state index contributed by atoms with van der Waals surface area (Å²) in [6.07, 6.45) is 1.49. The van der Waals surface area contributed by atoms with Crippen molar-refractivity contribution >= 4 is 55.7 Å². The van der Waals surface area contributed by atoms with Crippen LogP contribution in [0.25, 0.3) is 17.5 Å². The zero-order valence-electron chi connectivity index (χ0n) is 17.2. The first-order chi connectivity index (χ1) is 15.3. The highest BCUT2D eigenvalue weighted by Crippen LogP contribution is 2.37. The summed E-state index contributed by atoms with van der Waals surface area (Å²) >= 11 is 7.70. The fraction of sp³-hybridized carbons (Fsp3) is 0.190. The third kappa shape index (κ3) is 5.84. The molecule has 0 aliphatic heterocycles. The fourth-order valence-corrected chi connectivity index (χ4v) is 4.69. The molecule has 0 fully saturated rings. The number of carboxylic acids is 1. The van der Waals surface area contributed by atoms with E-state index in [-0.39, 0.29) is 16.0 Å². The van der Waals surface area contributed by atoms with Crippen molar-refractivity contribution in [3.05, 3.63) is 49.7 Å². The predicted octanol–water partition coefficient (Wildman–Crippen LogP) is 5.90. The monoisotopic (exact) mass is 584 g/mol. The smallest absolute Gasteiger partial charge is 0.342 e. The topological polar surface area (TPSA) is 104 Å². The summed E-state index contributed by atoms with van der Waals surface area (Å²) < 4.78 is 23.3. The molecule has 1 N–H and O–H groups in total. The van der Waals surface area contributed by atoms with E-state index < -0.39 is 5.97 Å². The Kier molecular flexibility index (Phi) is 8.21. The quantitative estimate of drug-likeness (QED) is 0.243. The van der Waals surface area contributed by atoms with Crippen molar-refractivity contribution in [3.8, 4) is 28.7 Å². The number of aromatic nitrogens is 2. The van der Waals surface area contributed by atoms with E-state index in [1.165, 1.54) is 20.3 Å². The van der Waals surface area contributed by atoms with E-state index in [1.807, 2.05) is 13.0 Å². The molecular weight excluding hydrogens is 568 g/mol. The van der Waals surface area contributed by atoms with Gasteiger partial charge in [-0.2, -0.15) is 0 Å². The van der Waals surface area contributed by atoms with Gasteiger partial charge in [-0.15, -0.1) is 10.2 Å². The van der Waals surface area contributed by atoms with Gasteiger partial charge in [0.05, 0.1) is 25.3 Å². The number of thioether (sulfide) groups is 1. The van der Waals surface area contributed by atoms with E-state index in [1.54, 1.807) is 24.3 Å². The summed E-state index contributed by atoms with van der Waals surface area (Å²) in [7, 11) is 3.07. The molecule has 8 nitrogen and oxygen atoms in total.